The van der Waals surface area contributed by atoms with Crippen LogP contribution in [0.2, 0.25) is 0 Å². The number of amides is 2. The van der Waals surface area contributed by atoms with Crippen molar-refractivity contribution in [3.05, 3.63) is 33.7 Å². The maximum Gasteiger partial charge on any atom is 0.352 e. The number of carbonyl (C=O) groups is 3. The van der Waals surface area contributed by atoms with E-state index in [1.54, 1.807) is 17.5 Å². The highest BCUT2D eigenvalue weighted by atomic mass is 32.2. The van der Waals surface area contributed by atoms with E-state index in [9.17, 15) is 24.6 Å². The maximum atomic E-state index is 12.8. The van der Waals surface area contributed by atoms with E-state index >= 15 is 0 Å². The van der Waals surface area contributed by atoms with Crippen LogP contribution in [0.15, 0.2) is 28.8 Å². The first-order valence-corrected chi connectivity index (χ1v) is 9.79. The molecule has 3 rings (SSSR count). The van der Waals surface area contributed by atoms with Crippen molar-refractivity contribution in [3.63, 3.8) is 0 Å². The summed E-state index contributed by atoms with van der Waals surface area (Å²) < 4.78 is 10.6. The third-order valence-corrected chi connectivity index (χ3v) is 6.70. The van der Waals surface area contributed by atoms with Gasteiger partial charge in [0, 0.05) is 24.8 Å². The lowest BCUT2D eigenvalue weighted by atomic mass is 9.97. The third kappa shape index (κ3) is 3.05. The molecule has 0 bridgehead atoms. The molecule has 11 heteroatoms. The SMILES string of the molecule is CO[C@@H](C(=O)N[C@]1(OC)C(=O)N2C(C(=O)O)=C(CO)CS[C@@H]21)c1cccs1. The molecule has 146 valence electrons. The molecular formula is C16H18N2O7S2. The van der Waals surface area contributed by atoms with Gasteiger partial charge in [-0.3, -0.25) is 14.5 Å². The van der Waals surface area contributed by atoms with E-state index in [0.717, 1.165) is 4.90 Å². The first kappa shape index (κ1) is 19.8. The molecule has 0 unspecified atom stereocenters. The molecule has 0 aromatic carbocycles. The van der Waals surface area contributed by atoms with E-state index in [0.29, 0.717) is 4.88 Å². The average Bonchev–Trinajstić information content (AvgIpc) is 3.19. The molecule has 2 aliphatic heterocycles. The van der Waals surface area contributed by atoms with Gasteiger partial charge in [0.15, 0.2) is 6.10 Å². The summed E-state index contributed by atoms with van der Waals surface area (Å²) in [4.78, 5) is 38.8. The number of thiophene rings is 1. The van der Waals surface area contributed by atoms with Crippen LogP contribution in [0.1, 0.15) is 11.0 Å². The lowest BCUT2D eigenvalue weighted by Gasteiger charge is -2.55. The summed E-state index contributed by atoms with van der Waals surface area (Å²) in [6.07, 6.45) is -0.921. The number of aliphatic carboxylic acids is 1. The second-order valence-electron chi connectivity index (χ2n) is 5.81. The number of carboxylic acid groups (broad SMARTS) is 1. The van der Waals surface area contributed by atoms with Gasteiger partial charge in [-0.1, -0.05) is 6.07 Å². The largest absolute Gasteiger partial charge is 0.477 e. The van der Waals surface area contributed by atoms with Crippen molar-refractivity contribution < 1.29 is 34.1 Å². The highest BCUT2D eigenvalue weighted by Crippen LogP contribution is 2.46. The summed E-state index contributed by atoms with van der Waals surface area (Å²) in [5.74, 6) is -2.39. The number of nitrogens with one attached hydrogen (secondary N) is 1. The van der Waals surface area contributed by atoms with Crippen LogP contribution in [0.5, 0.6) is 0 Å². The number of hydrogen-bond acceptors (Lipinski definition) is 8. The zero-order valence-corrected chi connectivity index (χ0v) is 16.1. The van der Waals surface area contributed by atoms with E-state index in [1.165, 1.54) is 37.3 Å². The first-order valence-electron chi connectivity index (χ1n) is 7.86. The molecule has 9 nitrogen and oxygen atoms in total. The number of aliphatic hydroxyl groups is 1. The molecule has 1 aromatic heterocycles. The van der Waals surface area contributed by atoms with Gasteiger partial charge in [-0.05, 0) is 17.0 Å². The van der Waals surface area contributed by atoms with Crippen LogP contribution < -0.4 is 5.32 Å². The number of methoxy groups -OCH3 is 2. The van der Waals surface area contributed by atoms with Crippen LogP contribution in [0.3, 0.4) is 0 Å². The first-order chi connectivity index (χ1) is 12.9. The molecule has 2 aliphatic rings. The Morgan fingerprint density at radius 2 is 2.22 bits per heavy atom. The number of ether oxygens (including phenoxy) is 2. The van der Waals surface area contributed by atoms with Crippen molar-refractivity contribution in [1.29, 1.82) is 0 Å². The fraction of sp³-hybridized carbons (Fsp3) is 0.438. The van der Waals surface area contributed by atoms with Gasteiger partial charge in [0.25, 0.3) is 17.5 Å². The summed E-state index contributed by atoms with van der Waals surface area (Å²) in [6, 6.07) is 3.51. The minimum atomic E-state index is -1.70. The lowest BCUT2D eigenvalue weighted by molar-refractivity contribution is -0.194. The Hall–Kier alpha value is -1.92. The lowest BCUT2D eigenvalue weighted by Crippen LogP contribution is -2.81. The number of hydrogen-bond donors (Lipinski definition) is 3. The van der Waals surface area contributed by atoms with Crippen LogP contribution >= 0.6 is 23.1 Å². The van der Waals surface area contributed by atoms with Crippen molar-refractivity contribution in [1.82, 2.24) is 10.2 Å². The third-order valence-electron chi connectivity index (χ3n) is 4.41. The minimum absolute atomic E-state index is 0.201. The Morgan fingerprint density at radius 1 is 1.48 bits per heavy atom. The Morgan fingerprint density at radius 3 is 2.74 bits per heavy atom. The van der Waals surface area contributed by atoms with E-state index in [-0.39, 0.29) is 17.0 Å². The number of carboxylic acids is 1. The summed E-state index contributed by atoms with van der Waals surface area (Å²) in [7, 11) is 2.65. The highest BCUT2D eigenvalue weighted by molar-refractivity contribution is 8.00. The number of thioether (sulfide) groups is 1. The molecular weight excluding hydrogens is 396 g/mol. The second kappa shape index (κ2) is 7.60. The summed E-state index contributed by atoms with van der Waals surface area (Å²) in [6.45, 7) is -0.471. The molecule has 0 spiro atoms. The fourth-order valence-electron chi connectivity index (χ4n) is 3.11. The van der Waals surface area contributed by atoms with Crippen LogP contribution in [-0.4, -0.2) is 70.6 Å². The fourth-order valence-corrected chi connectivity index (χ4v) is 5.33. The number of rotatable bonds is 7. The Kier molecular flexibility index (Phi) is 5.58. The second-order valence-corrected chi connectivity index (χ2v) is 7.86. The van der Waals surface area contributed by atoms with Crippen molar-refractivity contribution in [2.75, 3.05) is 26.6 Å². The van der Waals surface area contributed by atoms with Gasteiger partial charge in [0.05, 0.1) is 6.61 Å². The topological polar surface area (TPSA) is 125 Å². The van der Waals surface area contributed by atoms with Crippen LogP contribution in [-0.2, 0) is 23.9 Å². The molecule has 0 aliphatic carbocycles. The van der Waals surface area contributed by atoms with Gasteiger partial charge in [-0.25, -0.2) is 4.79 Å². The minimum Gasteiger partial charge on any atom is -0.477 e. The Labute approximate surface area is 162 Å². The predicted octanol–water partition coefficient (Wildman–Crippen LogP) is 0.141. The van der Waals surface area contributed by atoms with Gasteiger partial charge < -0.3 is 25.0 Å². The molecule has 1 saturated heterocycles. The summed E-state index contributed by atoms with van der Waals surface area (Å²) in [5, 5.41) is 22.4. The average molecular weight is 414 g/mol. The number of nitrogens with zero attached hydrogens (tertiary/aromatic N) is 1. The van der Waals surface area contributed by atoms with Crippen LogP contribution in [0.25, 0.3) is 0 Å². The standard InChI is InChI=1S/C16H18N2O7S2/c1-24-11(9-4-3-5-26-9)12(20)17-16(25-2)14(23)18-10(13(21)22)8(6-19)7-27-15(16)18/h3-5,11,15,19H,6-7H2,1-2H3,(H,17,20)(H,21,22)/t11-,15-,16+/m1/s1. The Balaban J connectivity index is 1.87. The molecule has 3 atom stereocenters. The molecule has 3 heterocycles. The van der Waals surface area contributed by atoms with Gasteiger partial charge in [0.2, 0.25) is 0 Å². The van der Waals surface area contributed by atoms with Crippen molar-refractivity contribution in [2.24, 2.45) is 0 Å². The van der Waals surface area contributed by atoms with Gasteiger partial charge in [-0.2, -0.15) is 0 Å². The molecule has 1 fully saturated rings. The number of fused-ring (bicyclic) bond motifs is 1. The number of carbonyl (C=O) groups excluding carboxylic acids is 2. The molecule has 2 amide bonds. The summed E-state index contributed by atoms with van der Waals surface area (Å²) in [5.41, 5.74) is -1.73. The zero-order valence-electron chi connectivity index (χ0n) is 14.5. The van der Waals surface area contributed by atoms with Crippen LogP contribution in [0, 0.1) is 0 Å². The van der Waals surface area contributed by atoms with E-state index in [4.69, 9.17) is 9.47 Å². The number of β-lactam (4-membered cyclic amide) rings is 1. The summed E-state index contributed by atoms with van der Waals surface area (Å²) >= 11 is 2.54. The molecule has 27 heavy (non-hydrogen) atoms. The van der Waals surface area contributed by atoms with Crippen molar-refractivity contribution in [3.8, 4) is 0 Å². The van der Waals surface area contributed by atoms with Gasteiger partial charge in [0.1, 0.15) is 11.1 Å². The van der Waals surface area contributed by atoms with E-state index in [1.807, 2.05) is 0 Å². The normalized spacial score (nSPS) is 25.7. The maximum absolute atomic E-state index is 12.8. The Bertz CT molecular complexity index is 795. The van der Waals surface area contributed by atoms with E-state index in [2.05, 4.69) is 5.32 Å². The smallest absolute Gasteiger partial charge is 0.352 e. The van der Waals surface area contributed by atoms with Crippen molar-refractivity contribution >= 4 is 40.9 Å². The van der Waals surface area contributed by atoms with Gasteiger partial charge in [-0.15, -0.1) is 23.1 Å². The zero-order chi connectivity index (χ0) is 19.8. The predicted molar refractivity (Wildman–Crippen MR) is 96.8 cm³/mol. The van der Waals surface area contributed by atoms with Crippen LogP contribution in [0.4, 0.5) is 0 Å². The highest BCUT2D eigenvalue weighted by Gasteiger charge is 2.66. The molecule has 3 N–H and O–H groups in total. The van der Waals surface area contributed by atoms with Crippen molar-refractivity contribution in [2.45, 2.75) is 17.2 Å². The molecule has 1 aromatic rings. The van der Waals surface area contributed by atoms with Gasteiger partial charge >= 0.3 is 5.97 Å². The van der Waals surface area contributed by atoms with E-state index < -0.39 is 41.6 Å². The number of aliphatic hydroxyl groups excluding tert-OH is 1. The monoisotopic (exact) mass is 414 g/mol. The molecule has 0 radical (unpaired) electrons. The molecule has 0 saturated carbocycles. The quantitative estimate of drug-likeness (QED) is 0.425.